The van der Waals surface area contributed by atoms with Gasteiger partial charge >= 0.3 is 0 Å². The number of nitrogens with zero attached hydrogens (tertiary/aromatic N) is 4. The highest BCUT2D eigenvalue weighted by Gasteiger charge is 2.21. The van der Waals surface area contributed by atoms with Crippen molar-refractivity contribution in [2.75, 3.05) is 33.9 Å². The third-order valence-corrected chi connectivity index (χ3v) is 4.77. The van der Waals surface area contributed by atoms with Crippen molar-refractivity contribution >= 4 is 29.9 Å². The fourth-order valence-electron chi connectivity index (χ4n) is 3.38. The molecule has 3 rings (SSSR count). The summed E-state index contributed by atoms with van der Waals surface area (Å²) < 4.78 is 12.7. The molecule has 0 saturated heterocycles. The highest BCUT2D eigenvalue weighted by atomic mass is 127. The van der Waals surface area contributed by atoms with Gasteiger partial charge in [0.05, 0.1) is 20.4 Å². The van der Waals surface area contributed by atoms with Gasteiger partial charge < -0.3 is 19.7 Å². The van der Waals surface area contributed by atoms with Crippen molar-refractivity contribution in [1.82, 2.24) is 20.0 Å². The SMILES string of the molecule is CCNC(=NCCc1cnn(C)c1)N1CCc2cc(OC)c(OC)cc2C1.I. The number of aromatic nitrogens is 2. The molecule has 28 heavy (non-hydrogen) atoms. The molecular weight excluding hydrogens is 469 g/mol. The number of aliphatic imine (C=N–C) groups is 1. The second-order valence-corrected chi connectivity index (χ2v) is 6.66. The van der Waals surface area contributed by atoms with Gasteiger partial charge in [-0.25, -0.2) is 0 Å². The van der Waals surface area contributed by atoms with Gasteiger partial charge in [-0.05, 0) is 48.6 Å². The topological polar surface area (TPSA) is 63.9 Å². The second-order valence-electron chi connectivity index (χ2n) is 6.66. The Morgan fingerprint density at radius 3 is 2.54 bits per heavy atom. The predicted octanol–water partition coefficient (Wildman–Crippen LogP) is 2.62. The number of hydrogen-bond acceptors (Lipinski definition) is 4. The van der Waals surface area contributed by atoms with Gasteiger partial charge in [0.15, 0.2) is 17.5 Å². The fraction of sp³-hybridized carbons (Fsp3) is 0.500. The minimum atomic E-state index is 0. The van der Waals surface area contributed by atoms with Crippen LogP contribution in [0.3, 0.4) is 0 Å². The van der Waals surface area contributed by atoms with Gasteiger partial charge in [0.1, 0.15) is 0 Å². The van der Waals surface area contributed by atoms with Gasteiger partial charge in [-0.3, -0.25) is 9.67 Å². The van der Waals surface area contributed by atoms with Crippen LogP contribution in [0, 0.1) is 0 Å². The van der Waals surface area contributed by atoms with Crippen LogP contribution in [0.15, 0.2) is 29.5 Å². The molecule has 1 aliphatic heterocycles. The average molecular weight is 499 g/mol. The van der Waals surface area contributed by atoms with Crippen LogP contribution in [-0.2, 0) is 26.4 Å². The Kier molecular flexibility index (Phi) is 8.40. The Morgan fingerprint density at radius 2 is 1.93 bits per heavy atom. The maximum atomic E-state index is 5.46. The lowest BCUT2D eigenvalue weighted by Gasteiger charge is -2.32. The van der Waals surface area contributed by atoms with Gasteiger partial charge in [-0.2, -0.15) is 5.10 Å². The van der Waals surface area contributed by atoms with Crippen LogP contribution >= 0.6 is 24.0 Å². The number of guanidine groups is 1. The first-order valence-corrected chi connectivity index (χ1v) is 9.39. The van der Waals surface area contributed by atoms with E-state index in [-0.39, 0.29) is 24.0 Å². The smallest absolute Gasteiger partial charge is 0.194 e. The molecule has 7 nitrogen and oxygen atoms in total. The molecule has 0 bridgehead atoms. The molecular formula is C20H30IN5O2. The van der Waals surface area contributed by atoms with Crippen molar-refractivity contribution in [3.8, 4) is 11.5 Å². The van der Waals surface area contributed by atoms with E-state index in [1.807, 2.05) is 24.1 Å². The second kappa shape index (κ2) is 10.5. The number of ether oxygens (including phenoxy) is 2. The number of aryl methyl sites for hydroxylation is 1. The molecule has 0 spiro atoms. The highest BCUT2D eigenvalue weighted by molar-refractivity contribution is 14.0. The van der Waals surface area contributed by atoms with E-state index in [4.69, 9.17) is 14.5 Å². The van der Waals surface area contributed by atoms with Crippen LogP contribution < -0.4 is 14.8 Å². The largest absolute Gasteiger partial charge is 0.493 e. The number of fused-ring (bicyclic) bond motifs is 1. The van der Waals surface area contributed by atoms with Crippen molar-refractivity contribution in [3.63, 3.8) is 0 Å². The molecule has 0 unspecified atom stereocenters. The minimum Gasteiger partial charge on any atom is -0.493 e. The summed E-state index contributed by atoms with van der Waals surface area (Å²) in [4.78, 5) is 7.14. The number of rotatable bonds is 6. The third kappa shape index (κ3) is 5.30. The van der Waals surface area contributed by atoms with Gasteiger partial charge in [-0.1, -0.05) is 0 Å². The summed E-state index contributed by atoms with van der Waals surface area (Å²) in [6.45, 7) is 5.43. The zero-order valence-corrected chi connectivity index (χ0v) is 19.4. The van der Waals surface area contributed by atoms with E-state index in [0.717, 1.165) is 56.5 Å². The minimum absolute atomic E-state index is 0. The van der Waals surface area contributed by atoms with Crippen molar-refractivity contribution < 1.29 is 9.47 Å². The quantitative estimate of drug-likeness (QED) is 0.376. The molecule has 0 atom stereocenters. The van der Waals surface area contributed by atoms with E-state index >= 15 is 0 Å². The van der Waals surface area contributed by atoms with Crippen LogP contribution in [0.2, 0.25) is 0 Å². The molecule has 154 valence electrons. The van der Waals surface area contributed by atoms with Gasteiger partial charge in [0.2, 0.25) is 0 Å². The average Bonchev–Trinajstić information content (AvgIpc) is 3.10. The van der Waals surface area contributed by atoms with Crippen molar-refractivity contribution in [3.05, 3.63) is 41.2 Å². The summed E-state index contributed by atoms with van der Waals surface area (Å²) in [5, 5.41) is 7.64. The van der Waals surface area contributed by atoms with Crippen LogP contribution in [0.4, 0.5) is 0 Å². The lowest BCUT2D eigenvalue weighted by Crippen LogP contribution is -2.44. The molecule has 1 aromatic carbocycles. The maximum Gasteiger partial charge on any atom is 0.194 e. The number of hydrogen-bond donors (Lipinski definition) is 1. The van der Waals surface area contributed by atoms with Gasteiger partial charge in [-0.15, -0.1) is 24.0 Å². The van der Waals surface area contributed by atoms with E-state index < -0.39 is 0 Å². The first kappa shape index (κ1) is 22.3. The summed E-state index contributed by atoms with van der Waals surface area (Å²) in [5.41, 5.74) is 3.78. The Balaban J connectivity index is 0.00000280. The Morgan fingerprint density at radius 1 is 1.21 bits per heavy atom. The molecule has 8 heteroatoms. The summed E-state index contributed by atoms with van der Waals surface area (Å²) in [5.74, 6) is 2.53. The lowest BCUT2D eigenvalue weighted by atomic mass is 9.99. The van der Waals surface area contributed by atoms with E-state index in [2.05, 4.69) is 34.4 Å². The molecule has 2 heterocycles. The maximum absolute atomic E-state index is 5.46. The van der Waals surface area contributed by atoms with Gasteiger partial charge in [0.25, 0.3) is 0 Å². The first-order valence-electron chi connectivity index (χ1n) is 9.39. The van der Waals surface area contributed by atoms with Crippen LogP contribution in [0.25, 0.3) is 0 Å². The third-order valence-electron chi connectivity index (χ3n) is 4.77. The Labute approximate surface area is 184 Å². The van der Waals surface area contributed by atoms with Crippen molar-refractivity contribution in [2.24, 2.45) is 12.0 Å². The number of nitrogens with one attached hydrogen (secondary N) is 1. The molecule has 0 aliphatic carbocycles. The molecule has 1 aliphatic rings. The normalized spacial score (nSPS) is 13.6. The highest BCUT2D eigenvalue weighted by Crippen LogP contribution is 2.33. The van der Waals surface area contributed by atoms with Crippen LogP contribution in [0.5, 0.6) is 11.5 Å². The molecule has 0 radical (unpaired) electrons. The molecule has 0 amide bonds. The monoisotopic (exact) mass is 499 g/mol. The zero-order valence-electron chi connectivity index (χ0n) is 17.1. The fourth-order valence-corrected chi connectivity index (χ4v) is 3.38. The number of benzene rings is 1. The summed E-state index contributed by atoms with van der Waals surface area (Å²) in [6, 6.07) is 4.18. The van der Waals surface area contributed by atoms with E-state index in [1.54, 1.807) is 14.2 Å². The first-order chi connectivity index (χ1) is 13.1. The van der Waals surface area contributed by atoms with E-state index in [1.165, 1.54) is 16.7 Å². The number of halogens is 1. The molecule has 0 fully saturated rings. The standard InChI is InChI=1S/C20H29N5O2.HI/c1-5-21-20(22-8-6-15-12-23-24(2)13-15)25-9-7-16-10-18(26-3)19(27-4)11-17(16)14-25;/h10-13H,5-9,14H2,1-4H3,(H,21,22);1H. The van der Waals surface area contributed by atoms with E-state index in [0.29, 0.717) is 0 Å². The molecule has 0 saturated carbocycles. The summed E-state index contributed by atoms with van der Waals surface area (Å²) in [6.07, 6.45) is 5.79. The van der Waals surface area contributed by atoms with Crippen molar-refractivity contribution in [2.45, 2.75) is 26.3 Å². The Hall–Kier alpha value is -1.97. The number of methoxy groups -OCH3 is 2. The Bertz CT molecular complexity index is 806. The van der Waals surface area contributed by atoms with Crippen LogP contribution in [0.1, 0.15) is 23.6 Å². The lowest BCUT2D eigenvalue weighted by molar-refractivity contribution is 0.346. The zero-order chi connectivity index (χ0) is 19.2. The molecule has 1 aromatic heterocycles. The van der Waals surface area contributed by atoms with Crippen LogP contribution in [-0.4, -0.2) is 54.5 Å². The van der Waals surface area contributed by atoms with Gasteiger partial charge in [0, 0.05) is 39.4 Å². The molecule has 1 N–H and O–H groups in total. The summed E-state index contributed by atoms with van der Waals surface area (Å²) >= 11 is 0. The van der Waals surface area contributed by atoms with E-state index in [9.17, 15) is 0 Å². The predicted molar refractivity (Wildman–Crippen MR) is 122 cm³/mol. The molecule has 2 aromatic rings. The summed E-state index contributed by atoms with van der Waals surface area (Å²) in [7, 11) is 5.29. The van der Waals surface area contributed by atoms with Crippen molar-refractivity contribution in [1.29, 1.82) is 0 Å².